The van der Waals surface area contributed by atoms with Crippen LogP contribution in [0.15, 0.2) is 20.6 Å². The molecule has 3 aliphatic heterocycles. The number of aliphatic hydroxyl groups is 1. The Kier molecular flexibility index (Phi) is 3.74. The van der Waals surface area contributed by atoms with E-state index in [1.807, 2.05) is 11.8 Å². The summed E-state index contributed by atoms with van der Waals surface area (Å²) >= 11 is 0. The Morgan fingerprint density at radius 3 is 2.95 bits per heavy atom. The second kappa shape index (κ2) is 5.32. The number of nitrogens with two attached hydrogens (primary N) is 1. The van der Waals surface area contributed by atoms with Crippen LogP contribution < -0.4 is 16.6 Å². The van der Waals surface area contributed by atoms with Gasteiger partial charge in [-0.2, -0.15) is 4.99 Å². The molecule has 0 bridgehead atoms. The van der Waals surface area contributed by atoms with E-state index >= 15 is 0 Å². The number of rotatable bonds is 1. The van der Waals surface area contributed by atoms with E-state index in [4.69, 9.17) is 5.73 Å². The van der Waals surface area contributed by atoms with Gasteiger partial charge in [-0.25, -0.2) is 10.4 Å². The molecule has 9 heteroatoms. The monoisotopic (exact) mass is 326 g/mol. The smallest absolute Gasteiger partial charge is 0.219 e. The van der Waals surface area contributed by atoms with Gasteiger partial charge in [-0.05, 0) is 26.7 Å². The molecule has 3 unspecified atom stereocenters. The molecule has 0 spiro atoms. The maximum atomic E-state index is 12.0. The Morgan fingerprint density at radius 2 is 2.27 bits per heavy atom. The molecule has 0 aromatic rings. The molecule has 22 heavy (non-hydrogen) atoms. The van der Waals surface area contributed by atoms with Gasteiger partial charge in [0.1, 0.15) is 10.9 Å². The van der Waals surface area contributed by atoms with Gasteiger partial charge in [0.05, 0.1) is 22.0 Å². The van der Waals surface area contributed by atoms with E-state index < -0.39 is 22.6 Å². The van der Waals surface area contributed by atoms with Crippen LogP contribution >= 0.6 is 0 Å². The van der Waals surface area contributed by atoms with Crippen LogP contribution in [0.4, 0.5) is 0 Å². The van der Waals surface area contributed by atoms with Gasteiger partial charge >= 0.3 is 0 Å². The first-order valence-electron chi connectivity index (χ1n) is 7.29. The third kappa shape index (κ3) is 2.64. The van der Waals surface area contributed by atoms with E-state index in [9.17, 15) is 9.32 Å². The standard InChI is InChI=1S/C13H22N6O2S/c1-7-4-5-13(2,20)6-19(7)10-8-9(15-12(14)16-10)17-18-11(8)22(3)21/h7,9,17-18,20H,4-6H2,1-3H3,(H2,14,15)/t7?,9?,13-,22?/m0/s1. The van der Waals surface area contributed by atoms with Gasteiger partial charge in [0, 0.05) is 18.8 Å². The number of fused-ring (bicyclic) bond motifs is 1. The van der Waals surface area contributed by atoms with Crippen molar-refractivity contribution in [3.8, 4) is 0 Å². The van der Waals surface area contributed by atoms with Crippen molar-refractivity contribution in [3.05, 3.63) is 10.6 Å². The van der Waals surface area contributed by atoms with Crippen molar-refractivity contribution in [3.63, 3.8) is 0 Å². The van der Waals surface area contributed by atoms with Gasteiger partial charge in [-0.15, -0.1) is 0 Å². The molecule has 0 radical (unpaired) electrons. The first-order chi connectivity index (χ1) is 10.3. The highest BCUT2D eigenvalue weighted by molar-refractivity contribution is 7.88. The normalized spacial score (nSPS) is 36.5. The fourth-order valence-electron chi connectivity index (χ4n) is 3.05. The first-order valence-corrected chi connectivity index (χ1v) is 8.85. The molecular formula is C13H22N6O2S. The Morgan fingerprint density at radius 1 is 1.55 bits per heavy atom. The number of piperidine rings is 1. The lowest BCUT2D eigenvalue weighted by atomic mass is 9.90. The van der Waals surface area contributed by atoms with Gasteiger partial charge in [0.15, 0.2) is 6.17 Å². The molecule has 1 fully saturated rings. The molecule has 122 valence electrons. The lowest BCUT2D eigenvalue weighted by Gasteiger charge is -2.44. The van der Waals surface area contributed by atoms with Crippen molar-refractivity contribution >= 4 is 22.6 Å². The molecule has 8 nitrogen and oxygen atoms in total. The van der Waals surface area contributed by atoms with Crippen molar-refractivity contribution in [2.24, 2.45) is 15.7 Å². The van der Waals surface area contributed by atoms with Crippen molar-refractivity contribution in [2.45, 2.75) is 44.5 Å². The molecule has 5 N–H and O–H groups in total. The summed E-state index contributed by atoms with van der Waals surface area (Å²) in [7, 11) is -1.20. The number of guanidine groups is 1. The fourth-order valence-corrected chi connectivity index (χ4v) is 3.77. The average Bonchev–Trinajstić information content (AvgIpc) is 2.84. The maximum Gasteiger partial charge on any atom is 0.219 e. The van der Waals surface area contributed by atoms with Gasteiger partial charge in [0.25, 0.3) is 0 Å². The number of likely N-dealkylation sites (tertiary alicyclic amines) is 1. The summed E-state index contributed by atoms with van der Waals surface area (Å²) < 4.78 is 12.0. The summed E-state index contributed by atoms with van der Waals surface area (Å²) in [5.41, 5.74) is 11.7. The molecule has 3 rings (SSSR count). The summed E-state index contributed by atoms with van der Waals surface area (Å²) in [6, 6.07) is 0.213. The largest absolute Gasteiger partial charge is 0.388 e. The molecule has 0 aromatic heterocycles. The molecule has 0 saturated carbocycles. The number of nitrogens with zero attached hydrogens (tertiary/aromatic N) is 3. The molecule has 3 aliphatic rings. The molecule has 3 heterocycles. The lowest BCUT2D eigenvalue weighted by molar-refractivity contribution is -0.00984. The van der Waals surface area contributed by atoms with Crippen LogP contribution in [0.2, 0.25) is 0 Å². The van der Waals surface area contributed by atoms with Crippen LogP contribution in [0.25, 0.3) is 0 Å². The fraction of sp³-hybridized carbons (Fsp3) is 0.692. The van der Waals surface area contributed by atoms with Crippen LogP contribution in [0.5, 0.6) is 0 Å². The molecule has 4 atom stereocenters. The summed E-state index contributed by atoms with van der Waals surface area (Å²) in [5, 5.41) is 11.0. The number of β-amino-alcohol motifs (C(OH)–C–C–N with tert-alkyl or cyclic N) is 1. The van der Waals surface area contributed by atoms with Crippen LogP contribution in [0, 0.1) is 0 Å². The zero-order valence-electron chi connectivity index (χ0n) is 13.0. The van der Waals surface area contributed by atoms with Crippen molar-refractivity contribution in [2.75, 3.05) is 12.8 Å². The Hall–Kier alpha value is -1.45. The number of hydrogen-bond donors (Lipinski definition) is 4. The van der Waals surface area contributed by atoms with E-state index in [1.165, 1.54) is 0 Å². The number of hydrogen-bond acceptors (Lipinski definition) is 8. The average molecular weight is 326 g/mol. The summed E-state index contributed by atoms with van der Waals surface area (Å²) in [5.74, 6) is 0.825. The molecule has 1 saturated heterocycles. The van der Waals surface area contributed by atoms with Crippen LogP contribution in [0.1, 0.15) is 26.7 Å². The van der Waals surface area contributed by atoms with E-state index in [0.29, 0.717) is 17.4 Å². The number of nitrogens with one attached hydrogen (secondary N) is 2. The first kappa shape index (κ1) is 15.4. The predicted octanol–water partition coefficient (Wildman–Crippen LogP) is -1.03. The van der Waals surface area contributed by atoms with Crippen LogP contribution in [-0.2, 0) is 10.8 Å². The van der Waals surface area contributed by atoms with Crippen LogP contribution in [0.3, 0.4) is 0 Å². The Bertz CT molecular complexity index is 612. The van der Waals surface area contributed by atoms with Gasteiger partial charge in [-0.1, -0.05) is 0 Å². The highest BCUT2D eigenvalue weighted by Crippen LogP contribution is 2.30. The quantitative estimate of drug-likeness (QED) is 0.490. The zero-order chi connectivity index (χ0) is 16.1. The second-order valence-corrected chi connectivity index (χ2v) is 7.62. The topological polar surface area (TPSA) is 115 Å². The van der Waals surface area contributed by atoms with E-state index in [-0.39, 0.29) is 12.0 Å². The number of aliphatic imine (C=N–C) groups is 2. The number of hydrazine groups is 1. The van der Waals surface area contributed by atoms with Gasteiger partial charge in [-0.3, -0.25) is 4.21 Å². The van der Waals surface area contributed by atoms with Crippen molar-refractivity contribution < 1.29 is 9.32 Å². The Labute approximate surface area is 132 Å². The third-order valence-corrected chi connectivity index (χ3v) is 5.16. The van der Waals surface area contributed by atoms with Crippen molar-refractivity contribution in [1.29, 1.82) is 0 Å². The molecular weight excluding hydrogens is 304 g/mol. The van der Waals surface area contributed by atoms with E-state index in [2.05, 4.69) is 27.8 Å². The van der Waals surface area contributed by atoms with Gasteiger partial charge < -0.3 is 21.2 Å². The minimum Gasteiger partial charge on any atom is -0.388 e. The predicted molar refractivity (Wildman–Crippen MR) is 86.2 cm³/mol. The summed E-state index contributed by atoms with van der Waals surface area (Å²) in [6.07, 6.45) is 2.80. The van der Waals surface area contributed by atoms with E-state index in [1.54, 1.807) is 6.26 Å². The van der Waals surface area contributed by atoms with Gasteiger partial charge in [0.2, 0.25) is 5.96 Å². The highest BCUT2D eigenvalue weighted by atomic mass is 32.2. The third-order valence-electron chi connectivity index (χ3n) is 4.27. The molecule has 0 aromatic carbocycles. The molecule has 0 aliphatic carbocycles. The summed E-state index contributed by atoms with van der Waals surface area (Å²) in [6.45, 7) is 4.37. The minimum absolute atomic E-state index is 0.179. The Balaban J connectivity index is 2.04. The maximum absolute atomic E-state index is 12.0. The highest BCUT2D eigenvalue weighted by Gasteiger charge is 2.41. The minimum atomic E-state index is -1.20. The SMILES string of the molecule is CC1CC[C@](C)(O)CN1C1=NC(N)=NC2NNC(S(C)=O)=C12. The number of amidine groups is 1. The van der Waals surface area contributed by atoms with Crippen LogP contribution in [-0.4, -0.2) is 56.6 Å². The second-order valence-electron chi connectivity index (χ2n) is 6.30. The van der Waals surface area contributed by atoms with Crippen molar-refractivity contribution in [1.82, 2.24) is 15.8 Å². The summed E-state index contributed by atoms with van der Waals surface area (Å²) in [4.78, 5) is 10.7. The zero-order valence-corrected chi connectivity index (χ0v) is 13.8. The molecule has 0 amide bonds. The lowest BCUT2D eigenvalue weighted by Crippen LogP contribution is -2.55. The van der Waals surface area contributed by atoms with E-state index in [0.717, 1.165) is 18.4 Å².